The van der Waals surface area contributed by atoms with Gasteiger partial charge in [0.15, 0.2) is 11.5 Å². The van der Waals surface area contributed by atoms with Gasteiger partial charge in [0.2, 0.25) is 0 Å². The van der Waals surface area contributed by atoms with Gasteiger partial charge in [-0.25, -0.2) is 9.97 Å². The number of nitrogen functional groups attached to an aromatic ring is 1. The maximum atomic E-state index is 13.2. The molecule has 2 aromatic heterocycles. The molecule has 36 heavy (non-hydrogen) atoms. The minimum Gasteiger partial charge on any atom is -0.382 e. The lowest BCUT2D eigenvalue weighted by molar-refractivity contribution is 0.0735. The number of hydrogen-bond acceptors (Lipinski definition) is 9. The fourth-order valence-electron chi connectivity index (χ4n) is 4.28. The van der Waals surface area contributed by atoms with Crippen molar-refractivity contribution in [1.29, 1.82) is 0 Å². The molecule has 2 aliphatic heterocycles. The molecule has 186 valence electrons. The summed E-state index contributed by atoms with van der Waals surface area (Å²) in [5, 5.41) is 6.12. The fourth-order valence-corrected chi connectivity index (χ4v) is 4.28. The maximum absolute atomic E-state index is 13.2. The highest BCUT2D eigenvalue weighted by molar-refractivity contribution is 6.07. The zero-order valence-electron chi connectivity index (χ0n) is 19.8. The number of carbonyl (C=O) groups is 2. The SMILES string of the molecule is Nc1ncc(-c2ccc(C(=O)N3CCNCC3)cc2)nc1C(=O)Nc1cnccc1N1CCOCC1. The Morgan fingerprint density at radius 3 is 2.50 bits per heavy atom. The van der Waals surface area contributed by atoms with Gasteiger partial charge in [-0.05, 0) is 18.2 Å². The number of ether oxygens (including phenoxy) is 1. The van der Waals surface area contributed by atoms with Gasteiger partial charge in [-0.1, -0.05) is 12.1 Å². The average Bonchev–Trinajstić information content (AvgIpc) is 2.94. The third-order valence-corrected chi connectivity index (χ3v) is 6.25. The number of nitrogens with two attached hydrogens (primary N) is 1. The summed E-state index contributed by atoms with van der Waals surface area (Å²) in [6, 6.07) is 8.99. The lowest BCUT2D eigenvalue weighted by Crippen LogP contribution is -2.46. The van der Waals surface area contributed by atoms with Crippen molar-refractivity contribution >= 4 is 29.0 Å². The van der Waals surface area contributed by atoms with E-state index >= 15 is 0 Å². The van der Waals surface area contributed by atoms with Gasteiger partial charge >= 0.3 is 0 Å². The summed E-state index contributed by atoms with van der Waals surface area (Å²) < 4.78 is 5.43. The van der Waals surface area contributed by atoms with Gasteiger partial charge < -0.3 is 30.9 Å². The number of nitrogens with one attached hydrogen (secondary N) is 2. The number of piperazine rings is 1. The van der Waals surface area contributed by atoms with E-state index in [1.54, 1.807) is 36.7 Å². The summed E-state index contributed by atoms with van der Waals surface area (Å²) >= 11 is 0. The second kappa shape index (κ2) is 10.7. The molecule has 0 unspecified atom stereocenters. The molecule has 0 radical (unpaired) electrons. The Kier molecular flexibility index (Phi) is 7.01. The van der Waals surface area contributed by atoms with Crippen LogP contribution in [0.3, 0.4) is 0 Å². The van der Waals surface area contributed by atoms with Crippen LogP contribution >= 0.6 is 0 Å². The van der Waals surface area contributed by atoms with Crippen LogP contribution in [-0.4, -0.2) is 84.1 Å². The second-order valence-electron chi connectivity index (χ2n) is 8.56. The predicted molar refractivity (Wildman–Crippen MR) is 136 cm³/mol. The lowest BCUT2D eigenvalue weighted by Gasteiger charge is -2.30. The Labute approximate surface area is 208 Å². The second-order valence-corrected chi connectivity index (χ2v) is 8.56. The van der Waals surface area contributed by atoms with E-state index in [-0.39, 0.29) is 17.4 Å². The molecular formula is C25H28N8O3. The van der Waals surface area contributed by atoms with Gasteiger partial charge in [0, 0.05) is 56.6 Å². The van der Waals surface area contributed by atoms with E-state index < -0.39 is 5.91 Å². The van der Waals surface area contributed by atoms with Crippen LogP contribution in [0.1, 0.15) is 20.8 Å². The smallest absolute Gasteiger partial charge is 0.278 e. The molecule has 2 saturated heterocycles. The quantitative estimate of drug-likeness (QED) is 0.484. The normalized spacial score (nSPS) is 16.0. The minimum absolute atomic E-state index is 0.000880. The van der Waals surface area contributed by atoms with Crippen LogP contribution in [0.5, 0.6) is 0 Å². The van der Waals surface area contributed by atoms with Crippen molar-refractivity contribution in [2.45, 2.75) is 0 Å². The van der Waals surface area contributed by atoms with E-state index in [9.17, 15) is 9.59 Å². The maximum Gasteiger partial charge on any atom is 0.278 e. The Balaban J connectivity index is 1.34. The topological polar surface area (TPSA) is 139 Å². The molecule has 3 aromatic rings. The first-order valence-corrected chi connectivity index (χ1v) is 11.9. The Bertz CT molecular complexity index is 1240. The number of rotatable bonds is 5. The van der Waals surface area contributed by atoms with Gasteiger partial charge in [0.05, 0.1) is 42.7 Å². The molecule has 11 nitrogen and oxygen atoms in total. The first-order valence-electron chi connectivity index (χ1n) is 11.9. The minimum atomic E-state index is -0.477. The Morgan fingerprint density at radius 1 is 1.00 bits per heavy atom. The predicted octanol–water partition coefficient (Wildman–Crippen LogP) is 1.26. The summed E-state index contributed by atoms with van der Waals surface area (Å²) in [7, 11) is 0. The first-order chi connectivity index (χ1) is 17.6. The third kappa shape index (κ3) is 5.11. The largest absolute Gasteiger partial charge is 0.382 e. The zero-order valence-corrected chi connectivity index (χ0v) is 19.8. The number of aromatic nitrogens is 3. The standard InChI is InChI=1S/C25H28N8O3/c26-23-22(24(34)31-20-15-28-6-5-21(20)32-11-13-36-14-12-32)30-19(16-29-23)17-1-3-18(4-2-17)25(35)33-9-7-27-8-10-33/h1-6,15-16,27H,7-14H2,(H2,26,29)(H,31,34). The number of anilines is 3. The van der Waals surface area contributed by atoms with Gasteiger partial charge in [-0.2, -0.15) is 0 Å². The van der Waals surface area contributed by atoms with Crippen molar-refractivity contribution in [3.05, 3.63) is 60.2 Å². The molecule has 1 aromatic carbocycles. The van der Waals surface area contributed by atoms with Crippen LogP contribution < -0.4 is 21.3 Å². The van der Waals surface area contributed by atoms with Crippen LogP contribution in [-0.2, 0) is 4.74 Å². The van der Waals surface area contributed by atoms with Crippen molar-refractivity contribution < 1.29 is 14.3 Å². The Hall–Kier alpha value is -4.09. The van der Waals surface area contributed by atoms with Gasteiger partial charge in [0.1, 0.15) is 0 Å². The zero-order chi connectivity index (χ0) is 24.9. The van der Waals surface area contributed by atoms with Crippen molar-refractivity contribution in [3.63, 3.8) is 0 Å². The molecular weight excluding hydrogens is 460 g/mol. The number of morpholine rings is 1. The number of benzene rings is 1. The van der Waals surface area contributed by atoms with Crippen LogP contribution in [0.4, 0.5) is 17.2 Å². The molecule has 2 amide bonds. The van der Waals surface area contributed by atoms with Crippen molar-refractivity contribution in [2.24, 2.45) is 0 Å². The van der Waals surface area contributed by atoms with Crippen LogP contribution in [0.15, 0.2) is 48.9 Å². The van der Waals surface area contributed by atoms with Crippen molar-refractivity contribution in [1.82, 2.24) is 25.2 Å². The highest BCUT2D eigenvalue weighted by Gasteiger charge is 2.21. The molecule has 0 atom stereocenters. The van der Waals surface area contributed by atoms with E-state index in [1.807, 2.05) is 11.0 Å². The fraction of sp³-hybridized carbons (Fsp3) is 0.320. The monoisotopic (exact) mass is 488 g/mol. The number of hydrogen-bond donors (Lipinski definition) is 3. The molecule has 0 spiro atoms. The van der Waals surface area contributed by atoms with E-state index in [2.05, 4.69) is 30.5 Å². The highest BCUT2D eigenvalue weighted by Crippen LogP contribution is 2.27. The summed E-state index contributed by atoms with van der Waals surface area (Å²) in [4.78, 5) is 42.7. The molecule has 0 bridgehead atoms. The molecule has 2 fully saturated rings. The van der Waals surface area contributed by atoms with Gasteiger partial charge in [-0.15, -0.1) is 0 Å². The molecule has 5 rings (SSSR count). The summed E-state index contributed by atoms with van der Waals surface area (Å²) in [6.45, 7) is 5.64. The van der Waals surface area contributed by atoms with Crippen LogP contribution in [0.25, 0.3) is 11.3 Å². The molecule has 0 aliphatic carbocycles. The van der Waals surface area contributed by atoms with Crippen LogP contribution in [0.2, 0.25) is 0 Å². The summed E-state index contributed by atoms with van der Waals surface area (Å²) in [6.07, 6.45) is 4.80. The third-order valence-electron chi connectivity index (χ3n) is 6.25. The Morgan fingerprint density at radius 2 is 1.75 bits per heavy atom. The first kappa shape index (κ1) is 23.6. The average molecular weight is 489 g/mol. The molecule has 4 N–H and O–H groups in total. The van der Waals surface area contributed by atoms with Crippen LogP contribution in [0, 0.1) is 0 Å². The van der Waals surface area contributed by atoms with E-state index in [0.717, 1.165) is 37.4 Å². The van der Waals surface area contributed by atoms with E-state index in [4.69, 9.17) is 10.5 Å². The molecule has 2 aliphatic rings. The number of nitrogens with zero attached hydrogens (tertiary/aromatic N) is 5. The summed E-state index contributed by atoms with van der Waals surface area (Å²) in [5.74, 6) is -0.451. The van der Waals surface area contributed by atoms with E-state index in [0.29, 0.717) is 43.2 Å². The molecule has 11 heteroatoms. The van der Waals surface area contributed by atoms with E-state index in [1.165, 1.54) is 6.20 Å². The highest BCUT2D eigenvalue weighted by atomic mass is 16.5. The summed E-state index contributed by atoms with van der Waals surface area (Å²) in [5.41, 5.74) is 9.27. The van der Waals surface area contributed by atoms with Crippen molar-refractivity contribution in [3.8, 4) is 11.3 Å². The number of carbonyl (C=O) groups excluding carboxylic acids is 2. The lowest BCUT2D eigenvalue weighted by atomic mass is 10.1. The van der Waals surface area contributed by atoms with Gasteiger partial charge in [0.25, 0.3) is 11.8 Å². The van der Waals surface area contributed by atoms with Gasteiger partial charge in [-0.3, -0.25) is 14.6 Å². The molecule has 4 heterocycles. The van der Waals surface area contributed by atoms with Crippen molar-refractivity contribution in [2.75, 3.05) is 68.4 Å². The number of pyridine rings is 1. The number of amides is 2. The molecule has 0 saturated carbocycles.